The zero-order valence-electron chi connectivity index (χ0n) is 20.5. The number of rotatable bonds is 7. The van der Waals surface area contributed by atoms with Crippen molar-refractivity contribution in [3.05, 3.63) is 113 Å². The molecule has 4 aromatic rings. The summed E-state index contributed by atoms with van der Waals surface area (Å²) in [5, 5.41) is 6.17. The molecule has 1 aliphatic heterocycles. The van der Waals surface area contributed by atoms with Gasteiger partial charge in [-0.3, -0.25) is 0 Å². The first-order valence-corrected chi connectivity index (χ1v) is 12.4. The molecule has 0 spiro atoms. The maximum absolute atomic E-state index is 14.3. The third kappa shape index (κ3) is 4.84. The van der Waals surface area contributed by atoms with Gasteiger partial charge in [0.15, 0.2) is 0 Å². The number of methoxy groups -OCH3 is 1. The number of fused-ring (bicyclic) bond motifs is 2. The molecule has 5 rings (SSSR count). The van der Waals surface area contributed by atoms with Crippen LogP contribution in [0.25, 0.3) is 10.8 Å². The van der Waals surface area contributed by atoms with Gasteiger partial charge in [0.2, 0.25) is 0 Å². The molecule has 0 unspecified atom stereocenters. The monoisotopic (exact) mass is 483 g/mol. The van der Waals surface area contributed by atoms with Crippen molar-refractivity contribution in [2.75, 3.05) is 13.7 Å². The highest BCUT2D eigenvalue weighted by Gasteiger charge is 2.30. The molecule has 0 radical (unpaired) electrons. The van der Waals surface area contributed by atoms with Gasteiger partial charge in [-0.2, -0.15) is 0 Å². The van der Waals surface area contributed by atoms with Crippen LogP contribution < -0.4 is 10.1 Å². The maximum atomic E-state index is 14.3. The van der Waals surface area contributed by atoms with E-state index in [9.17, 15) is 9.18 Å². The molecule has 4 nitrogen and oxygen atoms in total. The number of halogens is 1. The van der Waals surface area contributed by atoms with E-state index in [-0.39, 0.29) is 23.6 Å². The Morgan fingerprint density at radius 3 is 2.69 bits per heavy atom. The zero-order valence-corrected chi connectivity index (χ0v) is 20.5. The SMILES string of the molecule is COC(=O)c1cc([C@@H]2C[C@H](CCN[C@H](C)c3cccc4ccccc34)Oc3ccccc32)ccc1F. The lowest BCUT2D eigenvalue weighted by Gasteiger charge is -2.33. The van der Waals surface area contributed by atoms with Crippen molar-refractivity contribution in [3.63, 3.8) is 0 Å². The number of hydrogen-bond donors (Lipinski definition) is 1. The maximum Gasteiger partial charge on any atom is 0.340 e. The molecule has 4 aromatic carbocycles. The minimum Gasteiger partial charge on any atom is -0.490 e. The molecule has 184 valence electrons. The average Bonchev–Trinajstić information content (AvgIpc) is 2.92. The van der Waals surface area contributed by atoms with E-state index in [4.69, 9.17) is 9.47 Å². The Hall–Kier alpha value is -3.70. The second-order valence-corrected chi connectivity index (χ2v) is 9.33. The quantitative estimate of drug-likeness (QED) is 0.294. The number of carbonyl (C=O) groups is 1. The molecule has 1 N–H and O–H groups in total. The van der Waals surface area contributed by atoms with E-state index in [1.54, 1.807) is 12.1 Å². The number of benzene rings is 4. The summed E-state index contributed by atoms with van der Waals surface area (Å²) in [5.41, 5.74) is 3.17. The minimum absolute atomic E-state index is 0.000512. The van der Waals surface area contributed by atoms with Gasteiger partial charge in [-0.25, -0.2) is 9.18 Å². The van der Waals surface area contributed by atoms with Crippen LogP contribution in [0.2, 0.25) is 0 Å². The Bertz CT molecular complexity index is 1380. The van der Waals surface area contributed by atoms with Crippen LogP contribution in [-0.4, -0.2) is 25.7 Å². The van der Waals surface area contributed by atoms with Crippen molar-refractivity contribution >= 4 is 16.7 Å². The first-order chi connectivity index (χ1) is 17.5. The lowest BCUT2D eigenvalue weighted by atomic mass is 9.83. The zero-order chi connectivity index (χ0) is 25.1. The van der Waals surface area contributed by atoms with Crippen molar-refractivity contribution in [2.24, 2.45) is 0 Å². The van der Waals surface area contributed by atoms with E-state index < -0.39 is 11.8 Å². The molecule has 1 aliphatic rings. The van der Waals surface area contributed by atoms with Gasteiger partial charge in [0, 0.05) is 17.5 Å². The summed E-state index contributed by atoms with van der Waals surface area (Å²) < 4.78 is 25.4. The number of nitrogens with one attached hydrogen (secondary N) is 1. The Morgan fingerprint density at radius 2 is 1.83 bits per heavy atom. The third-order valence-corrected chi connectivity index (χ3v) is 7.09. The van der Waals surface area contributed by atoms with Gasteiger partial charge in [-0.1, -0.05) is 66.7 Å². The van der Waals surface area contributed by atoms with E-state index >= 15 is 0 Å². The van der Waals surface area contributed by atoms with Gasteiger partial charge in [0.25, 0.3) is 0 Å². The van der Waals surface area contributed by atoms with Crippen LogP contribution in [0.1, 0.15) is 58.8 Å². The van der Waals surface area contributed by atoms with Gasteiger partial charge >= 0.3 is 5.97 Å². The standard InChI is InChI=1S/C31H30FNO3/c1-20(24-12-7-9-21-8-3-4-10-25(21)24)33-17-16-23-19-27(26-11-5-6-13-30(26)36-23)22-14-15-29(32)28(18-22)31(34)35-2/h3-15,18,20,23,27,33H,16-17,19H2,1-2H3/t20-,23+,27+/m1/s1. The van der Waals surface area contributed by atoms with Crippen molar-refractivity contribution in [2.45, 2.75) is 37.8 Å². The molecule has 0 bridgehead atoms. The minimum atomic E-state index is -0.669. The van der Waals surface area contributed by atoms with Crippen LogP contribution in [0.15, 0.2) is 84.9 Å². The summed E-state index contributed by atoms with van der Waals surface area (Å²) in [6.45, 7) is 2.98. The Morgan fingerprint density at radius 1 is 1.06 bits per heavy atom. The van der Waals surface area contributed by atoms with Crippen LogP contribution >= 0.6 is 0 Å². The van der Waals surface area contributed by atoms with Crippen LogP contribution in [0.4, 0.5) is 4.39 Å². The van der Waals surface area contributed by atoms with E-state index in [1.165, 1.54) is 29.5 Å². The van der Waals surface area contributed by atoms with Crippen LogP contribution in [-0.2, 0) is 4.74 Å². The smallest absolute Gasteiger partial charge is 0.340 e. The second-order valence-electron chi connectivity index (χ2n) is 9.33. The van der Waals surface area contributed by atoms with Crippen LogP contribution in [0, 0.1) is 5.82 Å². The summed E-state index contributed by atoms with van der Waals surface area (Å²) in [5.74, 6) is -0.406. The van der Waals surface area contributed by atoms with Gasteiger partial charge in [0.05, 0.1) is 12.7 Å². The number of esters is 1. The molecule has 0 saturated carbocycles. The van der Waals surface area contributed by atoms with E-state index in [1.807, 2.05) is 24.3 Å². The second kappa shape index (κ2) is 10.5. The summed E-state index contributed by atoms with van der Waals surface area (Å²) in [4.78, 5) is 12.1. The topological polar surface area (TPSA) is 47.6 Å². The lowest BCUT2D eigenvalue weighted by Crippen LogP contribution is -2.31. The highest BCUT2D eigenvalue weighted by molar-refractivity contribution is 5.90. The van der Waals surface area contributed by atoms with Crippen LogP contribution in [0.5, 0.6) is 5.75 Å². The molecule has 0 aliphatic carbocycles. The predicted molar refractivity (Wildman–Crippen MR) is 140 cm³/mol. The Balaban J connectivity index is 1.32. The number of ether oxygens (including phenoxy) is 2. The molecule has 0 aromatic heterocycles. The Kier molecular flexibility index (Phi) is 7.01. The van der Waals surface area contributed by atoms with E-state index in [0.717, 1.165) is 36.3 Å². The highest BCUT2D eigenvalue weighted by atomic mass is 19.1. The molecule has 0 saturated heterocycles. The summed E-state index contributed by atoms with van der Waals surface area (Å²) >= 11 is 0. The molecular weight excluding hydrogens is 453 g/mol. The van der Waals surface area contributed by atoms with Crippen molar-refractivity contribution in [1.29, 1.82) is 0 Å². The third-order valence-electron chi connectivity index (χ3n) is 7.09. The van der Waals surface area contributed by atoms with Crippen LogP contribution in [0.3, 0.4) is 0 Å². The van der Waals surface area contributed by atoms with Gasteiger partial charge in [0.1, 0.15) is 17.7 Å². The average molecular weight is 484 g/mol. The van der Waals surface area contributed by atoms with E-state index in [2.05, 4.69) is 54.7 Å². The fourth-order valence-corrected chi connectivity index (χ4v) is 5.21. The Labute approximate surface area is 211 Å². The summed E-state index contributed by atoms with van der Waals surface area (Å²) in [7, 11) is 1.26. The fraction of sp³-hybridized carbons (Fsp3) is 0.258. The lowest BCUT2D eigenvalue weighted by molar-refractivity contribution is 0.0595. The molecular formula is C31H30FNO3. The van der Waals surface area contributed by atoms with E-state index in [0.29, 0.717) is 0 Å². The first-order valence-electron chi connectivity index (χ1n) is 12.4. The first kappa shape index (κ1) is 24.0. The van der Waals surface area contributed by atoms with Gasteiger partial charge in [-0.05, 0) is 66.4 Å². The molecule has 5 heteroatoms. The molecule has 0 fully saturated rings. The molecule has 3 atom stereocenters. The molecule has 1 heterocycles. The number of carbonyl (C=O) groups excluding carboxylic acids is 1. The van der Waals surface area contributed by atoms with Crippen molar-refractivity contribution in [3.8, 4) is 5.75 Å². The fourth-order valence-electron chi connectivity index (χ4n) is 5.21. The predicted octanol–water partition coefficient (Wildman–Crippen LogP) is 6.79. The van der Waals surface area contributed by atoms with Crippen molar-refractivity contribution in [1.82, 2.24) is 5.32 Å². The molecule has 0 amide bonds. The number of para-hydroxylation sites is 1. The largest absolute Gasteiger partial charge is 0.490 e. The van der Waals surface area contributed by atoms with Gasteiger partial charge in [-0.15, -0.1) is 0 Å². The molecule has 36 heavy (non-hydrogen) atoms. The highest BCUT2D eigenvalue weighted by Crippen LogP contribution is 2.41. The van der Waals surface area contributed by atoms with Gasteiger partial charge < -0.3 is 14.8 Å². The summed E-state index contributed by atoms with van der Waals surface area (Å²) in [6.07, 6.45) is 1.56. The number of hydrogen-bond acceptors (Lipinski definition) is 4. The summed E-state index contributed by atoms with van der Waals surface area (Å²) in [6, 6.07) is 27.7. The van der Waals surface area contributed by atoms with Crippen molar-refractivity contribution < 1.29 is 18.7 Å². The normalized spacial score (nSPS) is 17.8.